The van der Waals surface area contributed by atoms with Gasteiger partial charge in [-0.25, -0.2) is 0 Å². The summed E-state index contributed by atoms with van der Waals surface area (Å²) in [6, 6.07) is 0. The van der Waals surface area contributed by atoms with Gasteiger partial charge in [0.05, 0.1) is 0 Å². The fraction of sp³-hybridized carbons (Fsp3) is 0. The van der Waals surface area contributed by atoms with Crippen LogP contribution in [0.2, 0.25) is 0 Å². The Morgan fingerprint density at radius 3 is 0.400 bits per heavy atom. The van der Waals surface area contributed by atoms with E-state index < -0.39 is 0 Å². The molecule has 0 aromatic carbocycles. The number of halogens is 3. The molecule has 5 heavy (non-hydrogen) atoms. The van der Waals surface area contributed by atoms with Gasteiger partial charge in [0.1, 0.15) is 0 Å². The summed E-state index contributed by atoms with van der Waals surface area (Å²) < 4.78 is 0. The molecular formula is H3Cl3La2. The smallest absolute Gasteiger partial charge is 0 e. The third-order valence-corrected chi connectivity index (χ3v) is 0. The van der Waals surface area contributed by atoms with Crippen LogP contribution in [0.25, 0.3) is 0 Å². The van der Waals surface area contributed by atoms with E-state index in [1.165, 1.54) is 0 Å². The first-order valence-electron chi connectivity index (χ1n) is 0. The molecule has 0 heterocycles. The van der Waals surface area contributed by atoms with Gasteiger partial charge in [-0.15, -0.1) is 37.2 Å². The molecule has 0 saturated carbocycles. The number of hydrogen-bond donors (Lipinski definition) is 0. The monoisotopic (exact) mass is 386 g/mol. The molecule has 0 N–H and O–H groups in total. The first-order valence-corrected chi connectivity index (χ1v) is 0. The van der Waals surface area contributed by atoms with Crippen LogP contribution in [-0.4, -0.2) is 0 Å². The maximum atomic E-state index is 0. The first-order chi connectivity index (χ1) is 0. The van der Waals surface area contributed by atoms with Crippen molar-refractivity contribution < 1.29 is 71.2 Å². The predicted molar refractivity (Wildman–Crippen MR) is 21.7 cm³/mol. The van der Waals surface area contributed by atoms with E-state index in [1.807, 2.05) is 0 Å². The van der Waals surface area contributed by atoms with Crippen molar-refractivity contribution in [2.45, 2.75) is 0 Å². The Hall–Kier alpha value is 3.26. The Morgan fingerprint density at radius 1 is 0.400 bits per heavy atom. The topological polar surface area (TPSA) is 0 Å². The molecule has 0 aliphatic rings. The molecule has 0 bridgehead atoms. The van der Waals surface area contributed by atoms with Gasteiger partial charge < -0.3 is 0 Å². The van der Waals surface area contributed by atoms with Crippen LogP contribution in [0.15, 0.2) is 0 Å². The molecular weight excluding hydrogens is 384 g/mol. The maximum absolute atomic E-state index is 0. The molecule has 0 unspecified atom stereocenters. The summed E-state index contributed by atoms with van der Waals surface area (Å²) in [4.78, 5) is 0. The first kappa shape index (κ1) is 41.0. The van der Waals surface area contributed by atoms with E-state index in [-0.39, 0.29) is 108 Å². The molecule has 0 rings (SSSR count). The molecule has 0 amide bonds. The van der Waals surface area contributed by atoms with Crippen LogP contribution in [0.1, 0.15) is 0 Å². The summed E-state index contributed by atoms with van der Waals surface area (Å²) in [5.41, 5.74) is 0. The van der Waals surface area contributed by atoms with Crippen LogP contribution >= 0.6 is 37.2 Å². The Balaban J connectivity index is 0. The third-order valence-electron chi connectivity index (χ3n) is 0. The van der Waals surface area contributed by atoms with Crippen LogP contribution in [0.4, 0.5) is 0 Å². The molecule has 0 nitrogen and oxygen atoms in total. The van der Waals surface area contributed by atoms with E-state index in [4.69, 9.17) is 0 Å². The van der Waals surface area contributed by atoms with E-state index in [9.17, 15) is 0 Å². The van der Waals surface area contributed by atoms with Crippen molar-refractivity contribution in [3.63, 3.8) is 0 Å². The summed E-state index contributed by atoms with van der Waals surface area (Å²) in [7, 11) is 0. The third kappa shape index (κ3) is 18.9. The van der Waals surface area contributed by atoms with Crippen LogP contribution in [0.3, 0.4) is 0 Å². The van der Waals surface area contributed by atoms with Crippen molar-refractivity contribution in [1.82, 2.24) is 0 Å². The minimum absolute atomic E-state index is 0. The zero-order chi connectivity index (χ0) is 0. The SMILES string of the molecule is Cl.Cl.Cl.[La].[La]. The van der Waals surface area contributed by atoms with Crippen molar-refractivity contribution in [3.05, 3.63) is 0 Å². The minimum atomic E-state index is 0. The van der Waals surface area contributed by atoms with Crippen molar-refractivity contribution >= 4 is 37.2 Å². The Bertz CT molecular complexity index is 4.85. The second-order valence-electron chi connectivity index (χ2n) is 0. The zero-order valence-electron chi connectivity index (χ0n) is 2.38. The molecule has 0 aromatic rings. The van der Waals surface area contributed by atoms with Crippen molar-refractivity contribution in [1.29, 1.82) is 0 Å². The van der Waals surface area contributed by atoms with Crippen LogP contribution < -0.4 is 0 Å². The molecule has 30 valence electrons. The van der Waals surface area contributed by atoms with E-state index in [0.717, 1.165) is 0 Å². The fourth-order valence-electron chi connectivity index (χ4n) is 0. The molecule has 0 aliphatic carbocycles. The van der Waals surface area contributed by atoms with Gasteiger partial charge in [-0.05, 0) is 0 Å². The Kier molecular flexibility index (Phi) is 219. The molecule has 0 aromatic heterocycles. The average molecular weight is 387 g/mol. The number of hydrogen-bond acceptors (Lipinski definition) is 0. The van der Waals surface area contributed by atoms with Gasteiger partial charge in [0.15, 0.2) is 0 Å². The van der Waals surface area contributed by atoms with Gasteiger partial charge in [0, 0.05) is 71.2 Å². The second kappa shape index (κ2) is 26.8. The van der Waals surface area contributed by atoms with Crippen molar-refractivity contribution in [2.75, 3.05) is 0 Å². The largest absolute Gasteiger partial charge is 0.147 e. The van der Waals surface area contributed by atoms with Gasteiger partial charge in [-0.2, -0.15) is 0 Å². The average Bonchev–Trinajstić information content (AvgIpc) is 0. The molecule has 0 aliphatic heterocycles. The molecule has 0 spiro atoms. The van der Waals surface area contributed by atoms with Gasteiger partial charge in [0.2, 0.25) is 0 Å². The van der Waals surface area contributed by atoms with E-state index in [2.05, 4.69) is 0 Å². The van der Waals surface area contributed by atoms with Crippen LogP contribution in [-0.2, 0) is 0 Å². The Labute approximate surface area is 106 Å². The summed E-state index contributed by atoms with van der Waals surface area (Å²) in [6.07, 6.45) is 0. The second-order valence-corrected chi connectivity index (χ2v) is 0. The Morgan fingerprint density at radius 2 is 0.400 bits per heavy atom. The minimum Gasteiger partial charge on any atom is -0.147 e. The molecule has 0 atom stereocenters. The van der Waals surface area contributed by atoms with Gasteiger partial charge in [-0.3, -0.25) is 0 Å². The van der Waals surface area contributed by atoms with Crippen LogP contribution in [0, 0.1) is 71.2 Å². The summed E-state index contributed by atoms with van der Waals surface area (Å²) >= 11 is 0. The fourth-order valence-corrected chi connectivity index (χ4v) is 0. The summed E-state index contributed by atoms with van der Waals surface area (Å²) in [6.45, 7) is 0. The standard InChI is InChI=1S/3ClH.2La/h3*1H;;. The summed E-state index contributed by atoms with van der Waals surface area (Å²) in [5.74, 6) is 0. The van der Waals surface area contributed by atoms with E-state index in [1.54, 1.807) is 0 Å². The predicted octanol–water partition coefficient (Wildman–Crippen LogP) is 1.27. The van der Waals surface area contributed by atoms with E-state index >= 15 is 0 Å². The van der Waals surface area contributed by atoms with E-state index in [0.29, 0.717) is 0 Å². The van der Waals surface area contributed by atoms with Crippen molar-refractivity contribution in [3.8, 4) is 0 Å². The zero-order valence-corrected chi connectivity index (χ0v) is 12.1. The molecule has 2 radical (unpaired) electrons. The van der Waals surface area contributed by atoms with Gasteiger partial charge in [0.25, 0.3) is 0 Å². The quantitative estimate of drug-likeness (QED) is 0.588. The number of rotatable bonds is 0. The molecule has 0 fully saturated rings. The molecule has 5 heteroatoms. The molecule has 0 saturated heterocycles. The van der Waals surface area contributed by atoms with Crippen LogP contribution in [0.5, 0.6) is 0 Å². The van der Waals surface area contributed by atoms with Gasteiger partial charge >= 0.3 is 0 Å². The maximum Gasteiger partial charge on any atom is 0 e. The normalized spacial score (nSPS) is 0. The van der Waals surface area contributed by atoms with Crippen molar-refractivity contribution in [2.24, 2.45) is 0 Å². The van der Waals surface area contributed by atoms with Gasteiger partial charge in [-0.1, -0.05) is 0 Å². The summed E-state index contributed by atoms with van der Waals surface area (Å²) in [5, 5.41) is 0.